The van der Waals surface area contributed by atoms with Gasteiger partial charge in [-0.05, 0) is 12.2 Å². The van der Waals surface area contributed by atoms with Gasteiger partial charge >= 0.3 is 0 Å². The average Bonchev–Trinajstić information content (AvgIpc) is 2.77. The fourth-order valence-corrected chi connectivity index (χ4v) is 2.57. The monoisotopic (exact) mass is 196 g/mol. The van der Waals surface area contributed by atoms with E-state index < -0.39 is 11.2 Å². The molecule has 2 aliphatic carbocycles. The lowest BCUT2D eigenvalue weighted by Crippen LogP contribution is -2.59. The van der Waals surface area contributed by atoms with Gasteiger partial charge in [0.2, 0.25) is 0 Å². The lowest BCUT2D eigenvalue weighted by Gasteiger charge is -2.45. The third kappa shape index (κ3) is 0.960. The van der Waals surface area contributed by atoms with Crippen molar-refractivity contribution >= 4 is 5.78 Å². The fourth-order valence-electron chi connectivity index (χ4n) is 2.57. The minimum Gasteiger partial charge on any atom is -0.386 e. The molecule has 14 heavy (non-hydrogen) atoms. The number of fused-ring (bicyclic) bond motifs is 2. The number of ether oxygens (including phenoxy) is 1. The number of carbonyl (C=O) groups excluding carboxylic acids is 1. The maximum absolute atomic E-state index is 11.2. The number of aliphatic hydroxyl groups is 2. The summed E-state index contributed by atoms with van der Waals surface area (Å²) in [6.07, 6.45) is 3.67. The molecule has 3 aliphatic rings. The second-order valence-electron chi connectivity index (χ2n) is 4.55. The number of rotatable bonds is 0. The molecule has 0 unspecified atom stereocenters. The van der Waals surface area contributed by atoms with Crippen LogP contribution in [-0.4, -0.2) is 39.4 Å². The smallest absolute Gasteiger partial charge is 0.158 e. The molecule has 0 aromatic heterocycles. The first kappa shape index (κ1) is 8.59. The zero-order valence-corrected chi connectivity index (χ0v) is 7.64. The van der Waals surface area contributed by atoms with Crippen molar-refractivity contribution in [1.82, 2.24) is 0 Å². The third-order valence-electron chi connectivity index (χ3n) is 3.56. The zero-order chi connectivity index (χ0) is 9.97. The summed E-state index contributed by atoms with van der Waals surface area (Å²) in [6.45, 7) is 0. The molecule has 4 nitrogen and oxygen atoms in total. The van der Waals surface area contributed by atoms with Crippen molar-refractivity contribution in [3.8, 4) is 0 Å². The molecule has 0 bridgehead atoms. The van der Waals surface area contributed by atoms with Gasteiger partial charge in [0.1, 0.15) is 11.2 Å². The normalized spacial score (nSPS) is 55.1. The van der Waals surface area contributed by atoms with Gasteiger partial charge in [0, 0.05) is 19.3 Å². The molecule has 1 heterocycles. The Labute approximate surface area is 81.2 Å². The first-order valence-corrected chi connectivity index (χ1v) is 4.85. The minimum atomic E-state index is -1.31. The Kier molecular flexibility index (Phi) is 1.39. The van der Waals surface area contributed by atoms with E-state index in [0.29, 0.717) is 12.8 Å². The van der Waals surface area contributed by atoms with Crippen LogP contribution in [0.3, 0.4) is 0 Å². The molecular weight excluding hydrogens is 184 g/mol. The van der Waals surface area contributed by atoms with Crippen molar-refractivity contribution in [2.45, 2.75) is 42.7 Å². The van der Waals surface area contributed by atoms with Gasteiger partial charge in [0.15, 0.2) is 5.78 Å². The first-order chi connectivity index (χ1) is 6.52. The Morgan fingerprint density at radius 2 is 2.07 bits per heavy atom. The number of ketones is 1. The predicted octanol–water partition coefficient (Wildman–Crippen LogP) is -0.461. The molecule has 1 saturated carbocycles. The Hall–Kier alpha value is -0.710. The van der Waals surface area contributed by atoms with Crippen LogP contribution in [0.4, 0.5) is 0 Å². The van der Waals surface area contributed by atoms with Crippen LogP contribution in [-0.2, 0) is 9.53 Å². The van der Waals surface area contributed by atoms with E-state index in [1.54, 1.807) is 0 Å². The van der Waals surface area contributed by atoms with Crippen molar-refractivity contribution in [3.05, 3.63) is 12.2 Å². The molecule has 1 saturated heterocycles. The highest BCUT2D eigenvalue weighted by atomic mass is 16.6. The molecule has 4 atom stereocenters. The maximum Gasteiger partial charge on any atom is 0.158 e. The summed E-state index contributed by atoms with van der Waals surface area (Å²) >= 11 is 0. The predicted molar refractivity (Wildman–Crippen MR) is 46.6 cm³/mol. The molecule has 0 aromatic carbocycles. The Morgan fingerprint density at radius 3 is 2.86 bits per heavy atom. The topological polar surface area (TPSA) is 70.1 Å². The van der Waals surface area contributed by atoms with Crippen LogP contribution in [0.15, 0.2) is 12.2 Å². The van der Waals surface area contributed by atoms with E-state index in [1.165, 1.54) is 12.2 Å². The SMILES string of the molecule is O=C1C=C[C@]2(O)C[C@H]3O[C@H]3C[C@@]2(O)C1. The summed E-state index contributed by atoms with van der Waals surface area (Å²) in [6, 6.07) is 0. The lowest BCUT2D eigenvalue weighted by atomic mass is 9.67. The summed E-state index contributed by atoms with van der Waals surface area (Å²) in [5, 5.41) is 20.4. The van der Waals surface area contributed by atoms with Crippen LogP contribution >= 0.6 is 0 Å². The van der Waals surface area contributed by atoms with Crippen LogP contribution in [0.5, 0.6) is 0 Å². The Morgan fingerprint density at radius 1 is 1.36 bits per heavy atom. The van der Waals surface area contributed by atoms with Gasteiger partial charge in [-0.15, -0.1) is 0 Å². The Bertz CT molecular complexity index is 337. The lowest BCUT2D eigenvalue weighted by molar-refractivity contribution is -0.158. The van der Waals surface area contributed by atoms with E-state index in [1.807, 2.05) is 0 Å². The van der Waals surface area contributed by atoms with Crippen molar-refractivity contribution in [1.29, 1.82) is 0 Å². The molecule has 0 amide bonds. The second-order valence-corrected chi connectivity index (χ2v) is 4.55. The first-order valence-electron chi connectivity index (χ1n) is 4.85. The molecule has 0 spiro atoms. The average molecular weight is 196 g/mol. The highest BCUT2D eigenvalue weighted by Gasteiger charge is 2.62. The van der Waals surface area contributed by atoms with E-state index in [9.17, 15) is 15.0 Å². The molecule has 4 heteroatoms. The van der Waals surface area contributed by atoms with Gasteiger partial charge < -0.3 is 14.9 Å². The molecule has 1 aliphatic heterocycles. The third-order valence-corrected chi connectivity index (χ3v) is 3.56. The molecule has 76 valence electrons. The molecule has 2 N–H and O–H groups in total. The number of hydrogen-bond acceptors (Lipinski definition) is 4. The number of carbonyl (C=O) groups is 1. The maximum atomic E-state index is 11.2. The van der Waals surface area contributed by atoms with Gasteiger partial charge in [0.05, 0.1) is 12.2 Å². The van der Waals surface area contributed by atoms with E-state index in [2.05, 4.69) is 0 Å². The van der Waals surface area contributed by atoms with Gasteiger partial charge in [-0.3, -0.25) is 4.79 Å². The molecule has 0 radical (unpaired) electrons. The van der Waals surface area contributed by atoms with Crippen molar-refractivity contribution in [2.75, 3.05) is 0 Å². The van der Waals surface area contributed by atoms with E-state index in [-0.39, 0.29) is 24.4 Å². The number of epoxide rings is 1. The minimum absolute atomic E-state index is 0.00653. The van der Waals surface area contributed by atoms with E-state index in [0.717, 1.165) is 0 Å². The van der Waals surface area contributed by atoms with Crippen molar-refractivity contribution in [3.63, 3.8) is 0 Å². The highest BCUT2D eigenvalue weighted by Crippen LogP contribution is 2.50. The van der Waals surface area contributed by atoms with Crippen LogP contribution < -0.4 is 0 Å². The van der Waals surface area contributed by atoms with Gasteiger partial charge in [-0.25, -0.2) is 0 Å². The molecular formula is C10H12O4. The van der Waals surface area contributed by atoms with Crippen LogP contribution in [0, 0.1) is 0 Å². The standard InChI is InChI=1S/C10H12O4/c11-6-1-2-9(12)4-7-8(14-7)5-10(9,13)3-6/h1-2,7-8,12-13H,3-5H2/t7-,8+,9+,10+/m1/s1. The zero-order valence-electron chi connectivity index (χ0n) is 7.64. The van der Waals surface area contributed by atoms with Crippen LogP contribution in [0.1, 0.15) is 19.3 Å². The van der Waals surface area contributed by atoms with Gasteiger partial charge in [0.25, 0.3) is 0 Å². The van der Waals surface area contributed by atoms with Crippen LogP contribution in [0.2, 0.25) is 0 Å². The van der Waals surface area contributed by atoms with Crippen molar-refractivity contribution < 1.29 is 19.7 Å². The molecule has 0 aromatic rings. The summed E-state index contributed by atoms with van der Waals surface area (Å²) < 4.78 is 5.27. The fraction of sp³-hybridized carbons (Fsp3) is 0.700. The summed E-state index contributed by atoms with van der Waals surface area (Å²) in [5.74, 6) is -0.128. The van der Waals surface area contributed by atoms with Gasteiger partial charge in [-0.2, -0.15) is 0 Å². The van der Waals surface area contributed by atoms with Crippen molar-refractivity contribution in [2.24, 2.45) is 0 Å². The Balaban J connectivity index is 2.01. The number of allylic oxidation sites excluding steroid dienone is 1. The van der Waals surface area contributed by atoms with E-state index in [4.69, 9.17) is 4.74 Å². The summed E-state index contributed by atoms with van der Waals surface area (Å²) in [5.41, 5.74) is -2.57. The summed E-state index contributed by atoms with van der Waals surface area (Å²) in [4.78, 5) is 11.2. The highest BCUT2D eigenvalue weighted by molar-refractivity contribution is 5.92. The van der Waals surface area contributed by atoms with Crippen LogP contribution in [0.25, 0.3) is 0 Å². The number of hydrogen-bond donors (Lipinski definition) is 2. The van der Waals surface area contributed by atoms with E-state index >= 15 is 0 Å². The molecule has 3 rings (SSSR count). The van der Waals surface area contributed by atoms with Gasteiger partial charge in [-0.1, -0.05) is 0 Å². The second kappa shape index (κ2) is 2.27. The largest absolute Gasteiger partial charge is 0.386 e. The quantitative estimate of drug-likeness (QED) is 0.514. The molecule has 2 fully saturated rings. The summed E-state index contributed by atoms with van der Waals surface area (Å²) in [7, 11) is 0.